The van der Waals surface area contributed by atoms with Gasteiger partial charge in [0.1, 0.15) is 5.75 Å². The van der Waals surface area contributed by atoms with Crippen LogP contribution in [0, 0.1) is 0 Å². The van der Waals surface area contributed by atoms with Gasteiger partial charge in [-0.2, -0.15) is 0 Å². The van der Waals surface area contributed by atoms with Crippen molar-refractivity contribution in [2.24, 2.45) is 0 Å². The van der Waals surface area contributed by atoms with Gasteiger partial charge in [0.15, 0.2) is 11.5 Å². The molecule has 0 aromatic heterocycles. The predicted molar refractivity (Wildman–Crippen MR) is 77.5 cm³/mol. The van der Waals surface area contributed by atoms with E-state index in [0.29, 0.717) is 19.8 Å². The molecule has 2 aromatic carbocycles. The van der Waals surface area contributed by atoms with Crippen molar-refractivity contribution in [1.29, 1.82) is 0 Å². The Morgan fingerprint density at radius 1 is 0.950 bits per heavy atom. The van der Waals surface area contributed by atoms with Crippen LogP contribution < -0.4 is 14.8 Å². The average molecular weight is 271 g/mol. The first-order valence-corrected chi connectivity index (χ1v) is 6.73. The molecule has 0 atom stereocenters. The zero-order valence-corrected chi connectivity index (χ0v) is 11.1. The second-order valence-corrected chi connectivity index (χ2v) is 4.73. The summed E-state index contributed by atoms with van der Waals surface area (Å²) in [6.07, 6.45) is 0.912. The van der Waals surface area contributed by atoms with E-state index in [0.717, 1.165) is 29.2 Å². The second-order valence-electron chi connectivity index (χ2n) is 4.73. The first-order chi connectivity index (χ1) is 9.81. The number of phenolic OH excluding ortho intramolecular Hbond substituents is 1. The molecule has 2 aromatic rings. The number of fused-ring (bicyclic) bond motifs is 1. The molecule has 0 radical (unpaired) electrons. The van der Waals surface area contributed by atoms with Gasteiger partial charge in [0.25, 0.3) is 0 Å². The molecule has 4 heteroatoms. The molecule has 0 spiro atoms. The molecule has 0 saturated heterocycles. The molecule has 0 aliphatic carbocycles. The topological polar surface area (TPSA) is 50.7 Å². The maximum Gasteiger partial charge on any atom is 0.161 e. The lowest BCUT2D eigenvalue weighted by molar-refractivity contribution is 0.297. The Bertz CT molecular complexity index is 581. The Hall–Kier alpha value is -2.36. The van der Waals surface area contributed by atoms with Crippen LogP contribution in [0.4, 0.5) is 5.69 Å². The summed E-state index contributed by atoms with van der Waals surface area (Å²) in [5.41, 5.74) is 2.09. The summed E-state index contributed by atoms with van der Waals surface area (Å²) in [6.45, 7) is 2.10. The molecule has 0 amide bonds. The highest BCUT2D eigenvalue weighted by molar-refractivity contribution is 5.48. The zero-order valence-electron chi connectivity index (χ0n) is 11.1. The summed E-state index contributed by atoms with van der Waals surface area (Å²) in [5.74, 6) is 1.90. The number of benzene rings is 2. The van der Waals surface area contributed by atoms with Crippen LogP contribution in [0.1, 0.15) is 12.0 Å². The SMILES string of the molecule is Oc1ccc(NCc2ccc3c(c2)OCCCO3)cc1. The number of anilines is 1. The molecule has 1 aliphatic heterocycles. The van der Waals surface area contributed by atoms with Crippen molar-refractivity contribution >= 4 is 5.69 Å². The molecule has 4 nitrogen and oxygen atoms in total. The molecule has 0 fully saturated rings. The average Bonchev–Trinajstić information content (AvgIpc) is 2.71. The predicted octanol–water partition coefficient (Wildman–Crippen LogP) is 3.17. The number of hydrogen-bond donors (Lipinski definition) is 2. The van der Waals surface area contributed by atoms with E-state index in [1.54, 1.807) is 12.1 Å². The van der Waals surface area contributed by atoms with Crippen molar-refractivity contribution in [3.05, 3.63) is 48.0 Å². The molecular weight excluding hydrogens is 254 g/mol. The van der Waals surface area contributed by atoms with Gasteiger partial charge in [-0.1, -0.05) is 6.07 Å². The number of ether oxygens (including phenoxy) is 2. The Labute approximate surface area is 118 Å². The molecule has 0 saturated carbocycles. The first kappa shape index (κ1) is 12.7. The van der Waals surface area contributed by atoms with Crippen LogP contribution in [0.15, 0.2) is 42.5 Å². The lowest BCUT2D eigenvalue weighted by Crippen LogP contribution is -2.00. The molecule has 1 heterocycles. The molecular formula is C16H17NO3. The number of rotatable bonds is 3. The highest BCUT2D eigenvalue weighted by Crippen LogP contribution is 2.30. The van der Waals surface area contributed by atoms with E-state index >= 15 is 0 Å². The number of aromatic hydroxyl groups is 1. The molecule has 20 heavy (non-hydrogen) atoms. The molecule has 104 valence electrons. The van der Waals surface area contributed by atoms with Gasteiger partial charge in [0, 0.05) is 18.7 Å². The van der Waals surface area contributed by atoms with Gasteiger partial charge in [0.2, 0.25) is 0 Å². The van der Waals surface area contributed by atoms with Gasteiger partial charge in [-0.25, -0.2) is 0 Å². The largest absolute Gasteiger partial charge is 0.508 e. The zero-order chi connectivity index (χ0) is 13.8. The Balaban J connectivity index is 1.68. The molecule has 0 bridgehead atoms. The summed E-state index contributed by atoms with van der Waals surface area (Å²) in [6, 6.07) is 13.0. The fraction of sp³-hybridized carbons (Fsp3) is 0.250. The third-order valence-electron chi connectivity index (χ3n) is 3.18. The van der Waals surface area contributed by atoms with Crippen LogP contribution in [0.2, 0.25) is 0 Å². The van der Waals surface area contributed by atoms with Gasteiger partial charge < -0.3 is 19.9 Å². The van der Waals surface area contributed by atoms with E-state index in [1.165, 1.54) is 0 Å². The summed E-state index contributed by atoms with van der Waals surface area (Å²) >= 11 is 0. The number of nitrogens with one attached hydrogen (secondary N) is 1. The van der Waals surface area contributed by atoms with Crippen LogP contribution >= 0.6 is 0 Å². The molecule has 0 unspecified atom stereocenters. The van der Waals surface area contributed by atoms with E-state index < -0.39 is 0 Å². The van der Waals surface area contributed by atoms with Gasteiger partial charge >= 0.3 is 0 Å². The van der Waals surface area contributed by atoms with Crippen LogP contribution in [-0.4, -0.2) is 18.3 Å². The van der Waals surface area contributed by atoms with E-state index in [4.69, 9.17) is 9.47 Å². The highest BCUT2D eigenvalue weighted by atomic mass is 16.5. The quantitative estimate of drug-likeness (QED) is 0.842. The first-order valence-electron chi connectivity index (χ1n) is 6.73. The van der Waals surface area contributed by atoms with Crippen molar-refractivity contribution in [1.82, 2.24) is 0 Å². The van der Waals surface area contributed by atoms with Crippen molar-refractivity contribution in [3.8, 4) is 17.2 Å². The third kappa shape index (κ3) is 2.96. The van der Waals surface area contributed by atoms with Crippen molar-refractivity contribution in [2.45, 2.75) is 13.0 Å². The summed E-state index contributed by atoms with van der Waals surface area (Å²) in [5, 5.41) is 12.5. The summed E-state index contributed by atoms with van der Waals surface area (Å²) in [7, 11) is 0. The summed E-state index contributed by atoms with van der Waals surface area (Å²) in [4.78, 5) is 0. The van der Waals surface area contributed by atoms with Gasteiger partial charge in [0.05, 0.1) is 13.2 Å². The third-order valence-corrected chi connectivity index (χ3v) is 3.18. The highest BCUT2D eigenvalue weighted by Gasteiger charge is 2.10. The van der Waals surface area contributed by atoms with Crippen molar-refractivity contribution in [3.63, 3.8) is 0 Å². The van der Waals surface area contributed by atoms with Gasteiger partial charge in [-0.05, 0) is 42.0 Å². The Morgan fingerprint density at radius 2 is 1.70 bits per heavy atom. The van der Waals surface area contributed by atoms with E-state index in [-0.39, 0.29) is 5.75 Å². The second kappa shape index (κ2) is 5.74. The maximum atomic E-state index is 9.24. The minimum atomic E-state index is 0.270. The monoisotopic (exact) mass is 271 g/mol. The number of phenols is 1. The maximum absolute atomic E-state index is 9.24. The van der Waals surface area contributed by atoms with Crippen molar-refractivity contribution in [2.75, 3.05) is 18.5 Å². The minimum absolute atomic E-state index is 0.270. The fourth-order valence-electron chi connectivity index (χ4n) is 2.10. The van der Waals surface area contributed by atoms with Crippen LogP contribution in [0.25, 0.3) is 0 Å². The lowest BCUT2D eigenvalue weighted by atomic mass is 10.2. The van der Waals surface area contributed by atoms with Gasteiger partial charge in [-0.15, -0.1) is 0 Å². The van der Waals surface area contributed by atoms with Gasteiger partial charge in [-0.3, -0.25) is 0 Å². The smallest absolute Gasteiger partial charge is 0.161 e. The lowest BCUT2D eigenvalue weighted by Gasteiger charge is -2.11. The normalized spacial score (nSPS) is 13.6. The standard InChI is InChI=1S/C16H17NO3/c18-14-5-3-13(4-6-14)17-11-12-2-7-15-16(10-12)20-9-1-8-19-15/h2-7,10,17-18H,1,8-9,11H2. The van der Waals surface area contributed by atoms with E-state index in [2.05, 4.69) is 5.32 Å². The Morgan fingerprint density at radius 3 is 2.50 bits per heavy atom. The summed E-state index contributed by atoms with van der Waals surface area (Å²) < 4.78 is 11.3. The van der Waals surface area contributed by atoms with E-state index in [9.17, 15) is 5.11 Å². The van der Waals surface area contributed by atoms with E-state index in [1.807, 2.05) is 30.3 Å². The molecule has 3 rings (SSSR count). The van der Waals surface area contributed by atoms with Crippen molar-refractivity contribution < 1.29 is 14.6 Å². The molecule has 1 aliphatic rings. The Kier molecular flexibility index (Phi) is 3.63. The minimum Gasteiger partial charge on any atom is -0.508 e. The van der Waals surface area contributed by atoms with Crippen LogP contribution in [0.5, 0.6) is 17.2 Å². The number of hydrogen-bond acceptors (Lipinski definition) is 4. The fourth-order valence-corrected chi connectivity index (χ4v) is 2.10. The van der Waals surface area contributed by atoms with Crippen LogP contribution in [-0.2, 0) is 6.54 Å². The molecule has 2 N–H and O–H groups in total. The van der Waals surface area contributed by atoms with Crippen LogP contribution in [0.3, 0.4) is 0 Å².